The molecule has 1 unspecified atom stereocenters. The number of thioether (sulfide) groups is 1. The van der Waals surface area contributed by atoms with E-state index in [-0.39, 0.29) is 25.0 Å². The van der Waals surface area contributed by atoms with Crippen LogP contribution in [-0.4, -0.2) is 32.8 Å². The molecule has 0 aromatic heterocycles. The Labute approximate surface area is 173 Å². The van der Waals surface area contributed by atoms with E-state index in [2.05, 4.69) is 0 Å². The van der Waals surface area contributed by atoms with Gasteiger partial charge in [-0.2, -0.15) is 0 Å². The Morgan fingerprint density at radius 1 is 1.21 bits per heavy atom. The van der Waals surface area contributed by atoms with Gasteiger partial charge in [-0.05, 0) is 36.3 Å². The molecule has 1 aliphatic rings. The number of carboxylic acid groups (broad SMARTS) is 1. The minimum atomic E-state index is -0.900. The van der Waals surface area contributed by atoms with Crippen LogP contribution in [0.4, 0.5) is 0 Å². The molecule has 1 amide bonds. The van der Waals surface area contributed by atoms with Crippen molar-refractivity contribution in [3.63, 3.8) is 0 Å². The molecule has 1 aliphatic heterocycles. The Morgan fingerprint density at radius 2 is 1.89 bits per heavy atom. The van der Waals surface area contributed by atoms with E-state index in [9.17, 15) is 9.59 Å². The molecule has 1 N–H and O–H groups in total. The van der Waals surface area contributed by atoms with Gasteiger partial charge in [0.05, 0.1) is 24.0 Å². The average Bonchev–Trinajstić information content (AvgIpc) is 2.96. The Morgan fingerprint density at radius 3 is 2.54 bits per heavy atom. The summed E-state index contributed by atoms with van der Waals surface area (Å²) in [6.45, 7) is 2.08. The fourth-order valence-corrected chi connectivity index (χ4v) is 4.18. The van der Waals surface area contributed by atoms with E-state index in [4.69, 9.17) is 22.1 Å². The first-order valence-electron chi connectivity index (χ1n) is 8.72. The van der Waals surface area contributed by atoms with Crippen LogP contribution < -0.4 is 4.74 Å². The lowest BCUT2D eigenvalue weighted by Gasteiger charge is -2.23. The van der Waals surface area contributed by atoms with E-state index in [0.717, 1.165) is 11.1 Å². The van der Waals surface area contributed by atoms with Crippen LogP contribution >= 0.6 is 24.0 Å². The second-order valence-corrected chi connectivity index (χ2v) is 7.88. The molecule has 0 radical (unpaired) electrons. The molecule has 0 aliphatic carbocycles. The summed E-state index contributed by atoms with van der Waals surface area (Å²) >= 11 is 6.73. The number of hydrogen-bond donors (Lipinski definition) is 1. The van der Waals surface area contributed by atoms with Gasteiger partial charge in [-0.25, -0.2) is 0 Å². The van der Waals surface area contributed by atoms with Gasteiger partial charge < -0.3 is 9.84 Å². The maximum atomic E-state index is 12.9. The second kappa shape index (κ2) is 9.03. The van der Waals surface area contributed by atoms with E-state index in [1.54, 1.807) is 23.1 Å². The van der Waals surface area contributed by atoms with Crippen LogP contribution in [-0.2, 0) is 9.59 Å². The summed E-state index contributed by atoms with van der Waals surface area (Å²) in [6.07, 6.45) is 1.75. The second-order valence-electron chi connectivity index (χ2n) is 6.20. The highest BCUT2D eigenvalue weighted by Gasteiger charge is 2.35. The van der Waals surface area contributed by atoms with Gasteiger partial charge in [-0.1, -0.05) is 66.4 Å². The first kappa shape index (κ1) is 20.1. The van der Waals surface area contributed by atoms with E-state index >= 15 is 0 Å². The van der Waals surface area contributed by atoms with E-state index in [0.29, 0.717) is 15.0 Å². The Hall–Kier alpha value is -2.64. The van der Waals surface area contributed by atoms with Crippen molar-refractivity contribution >= 4 is 46.3 Å². The van der Waals surface area contributed by atoms with Crippen LogP contribution in [0.2, 0.25) is 0 Å². The number of aliphatic carboxylic acids is 1. The topological polar surface area (TPSA) is 66.8 Å². The van der Waals surface area contributed by atoms with Gasteiger partial charge >= 0.3 is 5.97 Å². The lowest BCUT2D eigenvalue weighted by Crippen LogP contribution is -2.30. The van der Waals surface area contributed by atoms with Gasteiger partial charge in [-0.3, -0.25) is 14.5 Å². The maximum absolute atomic E-state index is 12.9. The van der Waals surface area contributed by atoms with E-state index in [1.165, 1.54) is 11.8 Å². The molecule has 28 heavy (non-hydrogen) atoms. The summed E-state index contributed by atoms with van der Waals surface area (Å²) in [5.41, 5.74) is 1.88. The molecule has 0 spiro atoms. The highest BCUT2D eigenvalue weighted by molar-refractivity contribution is 8.26. The minimum Gasteiger partial charge on any atom is -0.493 e. The number of rotatable bonds is 7. The molecular weight excluding hydrogens is 394 g/mol. The van der Waals surface area contributed by atoms with Crippen molar-refractivity contribution in [2.45, 2.75) is 19.4 Å². The highest BCUT2D eigenvalue weighted by atomic mass is 32.2. The Bertz CT molecular complexity index is 910. The van der Waals surface area contributed by atoms with Gasteiger partial charge in [-0.15, -0.1) is 0 Å². The lowest BCUT2D eigenvalue weighted by molar-refractivity contribution is -0.137. The first-order chi connectivity index (χ1) is 13.5. The largest absolute Gasteiger partial charge is 0.493 e. The monoisotopic (exact) mass is 413 g/mol. The third kappa shape index (κ3) is 4.79. The van der Waals surface area contributed by atoms with Crippen LogP contribution in [0.1, 0.15) is 30.5 Å². The molecule has 144 valence electrons. The molecule has 2 aromatic rings. The SMILES string of the molecule is CC(c1ccccc1)N1C(=O)/C(=C\c2ccc(OCCC(=O)O)cc2)SC1=S. The van der Waals surface area contributed by atoms with Crippen molar-refractivity contribution in [2.24, 2.45) is 0 Å². The van der Waals surface area contributed by atoms with Gasteiger partial charge in [0.25, 0.3) is 5.91 Å². The number of benzene rings is 2. The fraction of sp³-hybridized carbons (Fsp3) is 0.190. The number of carboxylic acids is 1. The van der Waals surface area contributed by atoms with Gasteiger partial charge in [0.1, 0.15) is 10.1 Å². The van der Waals surface area contributed by atoms with Crippen molar-refractivity contribution in [1.29, 1.82) is 0 Å². The Balaban J connectivity index is 1.70. The predicted molar refractivity (Wildman–Crippen MR) is 114 cm³/mol. The van der Waals surface area contributed by atoms with Gasteiger partial charge in [0, 0.05) is 0 Å². The Kier molecular flexibility index (Phi) is 6.49. The number of hydrogen-bond acceptors (Lipinski definition) is 5. The summed E-state index contributed by atoms with van der Waals surface area (Å²) in [7, 11) is 0. The molecule has 1 saturated heterocycles. The molecular formula is C21H19NO4S2. The molecule has 1 fully saturated rings. The predicted octanol–water partition coefficient (Wildman–Crippen LogP) is 4.50. The number of thiocarbonyl (C=S) groups is 1. The van der Waals surface area contributed by atoms with Crippen molar-refractivity contribution in [1.82, 2.24) is 4.90 Å². The third-order valence-corrected chi connectivity index (χ3v) is 5.59. The quantitative estimate of drug-likeness (QED) is 0.532. The van der Waals surface area contributed by atoms with Crippen LogP contribution in [0.15, 0.2) is 59.5 Å². The van der Waals surface area contributed by atoms with Crippen LogP contribution in [0.25, 0.3) is 6.08 Å². The summed E-state index contributed by atoms with van der Waals surface area (Å²) in [4.78, 5) is 25.6. The number of amides is 1. The van der Waals surface area contributed by atoms with Crippen molar-refractivity contribution in [2.75, 3.05) is 6.61 Å². The van der Waals surface area contributed by atoms with E-state index in [1.807, 2.05) is 49.4 Å². The minimum absolute atomic E-state index is 0.0518. The standard InChI is InChI=1S/C21H19NO4S2/c1-14(16-5-3-2-4-6-16)22-20(25)18(28-21(22)27)13-15-7-9-17(10-8-15)26-12-11-19(23)24/h2-10,13-14H,11-12H2,1H3,(H,23,24)/b18-13+. The zero-order chi connectivity index (χ0) is 20.1. The van der Waals surface area contributed by atoms with Crippen LogP contribution in [0.3, 0.4) is 0 Å². The smallest absolute Gasteiger partial charge is 0.306 e. The molecule has 5 nitrogen and oxygen atoms in total. The van der Waals surface area contributed by atoms with Gasteiger partial charge in [0.15, 0.2) is 0 Å². The van der Waals surface area contributed by atoms with E-state index < -0.39 is 5.97 Å². The average molecular weight is 414 g/mol. The summed E-state index contributed by atoms with van der Waals surface area (Å²) < 4.78 is 5.92. The van der Waals surface area contributed by atoms with Gasteiger partial charge in [0.2, 0.25) is 0 Å². The maximum Gasteiger partial charge on any atom is 0.306 e. The number of carbonyl (C=O) groups excluding carboxylic acids is 1. The van der Waals surface area contributed by atoms with Crippen molar-refractivity contribution in [3.8, 4) is 5.75 Å². The zero-order valence-corrected chi connectivity index (χ0v) is 16.8. The molecule has 3 rings (SSSR count). The first-order valence-corrected chi connectivity index (χ1v) is 9.95. The molecule has 2 aromatic carbocycles. The molecule has 0 saturated carbocycles. The molecule has 1 atom stereocenters. The highest BCUT2D eigenvalue weighted by Crippen LogP contribution is 2.38. The lowest BCUT2D eigenvalue weighted by atomic mass is 10.1. The van der Waals surface area contributed by atoms with Crippen molar-refractivity contribution < 1.29 is 19.4 Å². The van der Waals surface area contributed by atoms with Crippen molar-refractivity contribution in [3.05, 3.63) is 70.6 Å². The summed E-state index contributed by atoms with van der Waals surface area (Å²) in [5, 5.41) is 8.64. The fourth-order valence-electron chi connectivity index (χ4n) is 2.76. The summed E-state index contributed by atoms with van der Waals surface area (Å²) in [5.74, 6) is -0.417. The van der Waals surface area contributed by atoms with Crippen LogP contribution in [0, 0.1) is 0 Å². The number of nitrogens with zero attached hydrogens (tertiary/aromatic N) is 1. The molecule has 7 heteroatoms. The normalized spacial score (nSPS) is 16.5. The van der Waals surface area contributed by atoms with Crippen LogP contribution in [0.5, 0.6) is 5.75 Å². The third-order valence-electron chi connectivity index (χ3n) is 4.26. The zero-order valence-electron chi connectivity index (χ0n) is 15.2. The number of ether oxygens (including phenoxy) is 1. The number of carbonyl (C=O) groups is 2. The molecule has 0 bridgehead atoms. The summed E-state index contributed by atoms with van der Waals surface area (Å²) in [6, 6.07) is 16.8. The molecule has 1 heterocycles.